The SMILES string of the molecule is C[C@H](O)C[C@H]1COCCN1C(=O)N[C@H](C)c1cc(F)c(F)c(F)c1. The highest BCUT2D eigenvalue weighted by atomic mass is 19.2. The minimum Gasteiger partial charge on any atom is -0.393 e. The zero-order chi connectivity index (χ0) is 17.9. The second-order valence-corrected chi connectivity index (χ2v) is 5.98. The van der Waals surface area contributed by atoms with Crippen LogP contribution in [0.15, 0.2) is 12.1 Å². The van der Waals surface area contributed by atoms with E-state index in [1.54, 1.807) is 13.8 Å². The summed E-state index contributed by atoms with van der Waals surface area (Å²) in [6, 6.07) is 0.290. The van der Waals surface area contributed by atoms with Gasteiger partial charge in [0, 0.05) is 6.54 Å². The first-order chi connectivity index (χ1) is 11.3. The summed E-state index contributed by atoms with van der Waals surface area (Å²) in [4.78, 5) is 14.0. The Hall–Kier alpha value is -1.80. The summed E-state index contributed by atoms with van der Waals surface area (Å²) in [5.74, 6) is -4.14. The van der Waals surface area contributed by atoms with Crippen LogP contribution in [0.5, 0.6) is 0 Å². The molecule has 0 bridgehead atoms. The maximum Gasteiger partial charge on any atom is 0.318 e. The van der Waals surface area contributed by atoms with Crippen LogP contribution in [0.25, 0.3) is 0 Å². The van der Waals surface area contributed by atoms with E-state index >= 15 is 0 Å². The summed E-state index contributed by atoms with van der Waals surface area (Å²) in [7, 11) is 0. The lowest BCUT2D eigenvalue weighted by Crippen LogP contribution is -2.53. The molecular formula is C16H21F3N2O3. The molecule has 5 nitrogen and oxygen atoms in total. The average molecular weight is 346 g/mol. The molecule has 24 heavy (non-hydrogen) atoms. The zero-order valence-corrected chi connectivity index (χ0v) is 13.6. The van der Waals surface area contributed by atoms with E-state index in [-0.39, 0.29) is 11.6 Å². The number of hydrogen-bond donors (Lipinski definition) is 2. The summed E-state index contributed by atoms with van der Waals surface area (Å²) in [5.41, 5.74) is 0.125. The van der Waals surface area contributed by atoms with Crippen LogP contribution >= 0.6 is 0 Å². The van der Waals surface area contributed by atoms with Gasteiger partial charge in [-0.25, -0.2) is 18.0 Å². The van der Waals surface area contributed by atoms with Gasteiger partial charge in [-0.3, -0.25) is 0 Å². The predicted molar refractivity (Wildman–Crippen MR) is 80.9 cm³/mol. The van der Waals surface area contributed by atoms with Crippen molar-refractivity contribution in [1.29, 1.82) is 0 Å². The van der Waals surface area contributed by atoms with Crippen molar-refractivity contribution in [3.05, 3.63) is 35.1 Å². The van der Waals surface area contributed by atoms with E-state index in [0.717, 1.165) is 12.1 Å². The second kappa shape index (κ2) is 7.85. The van der Waals surface area contributed by atoms with Crippen molar-refractivity contribution in [3.8, 4) is 0 Å². The van der Waals surface area contributed by atoms with E-state index in [0.29, 0.717) is 26.2 Å². The summed E-state index contributed by atoms with van der Waals surface area (Å²) < 4.78 is 45.0. The molecule has 1 heterocycles. The van der Waals surface area contributed by atoms with E-state index < -0.39 is 35.6 Å². The third-order valence-electron chi connectivity index (χ3n) is 3.95. The molecule has 2 rings (SSSR count). The third-order valence-corrected chi connectivity index (χ3v) is 3.95. The average Bonchev–Trinajstić information content (AvgIpc) is 2.51. The van der Waals surface area contributed by atoms with Crippen LogP contribution < -0.4 is 5.32 Å². The van der Waals surface area contributed by atoms with Crippen molar-refractivity contribution >= 4 is 6.03 Å². The fraction of sp³-hybridized carbons (Fsp3) is 0.562. The molecule has 1 aliphatic heterocycles. The minimum atomic E-state index is -1.54. The second-order valence-electron chi connectivity index (χ2n) is 5.98. The number of halogens is 3. The van der Waals surface area contributed by atoms with Gasteiger partial charge in [-0.1, -0.05) is 0 Å². The number of amides is 2. The van der Waals surface area contributed by atoms with Crippen molar-refractivity contribution in [2.75, 3.05) is 19.8 Å². The molecule has 1 aromatic carbocycles. The number of aliphatic hydroxyl groups excluding tert-OH is 1. The quantitative estimate of drug-likeness (QED) is 0.823. The number of morpholine rings is 1. The molecule has 0 radical (unpaired) electrons. The van der Waals surface area contributed by atoms with Gasteiger partial charge in [0.1, 0.15) is 0 Å². The topological polar surface area (TPSA) is 61.8 Å². The highest BCUT2D eigenvalue weighted by molar-refractivity contribution is 5.75. The highest BCUT2D eigenvalue weighted by Gasteiger charge is 2.29. The van der Waals surface area contributed by atoms with Crippen molar-refractivity contribution in [2.24, 2.45) is 0 Å². The molecule has 1 fully saturated rings. The Morgan fingerprint density at radius 3 is 2.58 bits per heavy atom. The van der Waals surface area contributed by atoms with E-state index in [9.17, 15) is 23.1 Å². The van der Waals surface area contributed by atoms with E-state index in [1.165, 1.54) is 4.90 Å². The molecule has 0 aromatic heterocycles. The van der Waals surface area contributed by atoms with Crippen LogP contribution in [0.4, 0.5) is 18.0 Å². The van der Waals surface area contributed by atoms with Crippen molar-refractivity contribution in [2.45, 2.75) is 38.5 Å². The molecule has 0 spiro atoms. The Balaban J connectivity index is 2.07. The first kappa shape index (κ1) is 18.5. The van der Waals surface area contributed by atoms with Crippen LogP contribution in [0.3, 0.4) is 0 Å². The smallest absolute Gasteiger partial charge is 0.318 e. The Bertz CT molecular complexity index is 575. The molecule has 2 amide bonds. The number of carbonyl (C=O) groups excluding carboxylic acids is 1. The normalized spacial score (nSPS) is 20.6. The number of hydrogen-bond acceptors (Lipinski definition) is 3. The van der Waals surface area contributed by atoms with Crippen LogP contribution in [-0.2, 0) is 4.74 Å². The monoisotopic (exact) mass is 346 g/mol. The predicted octanol–water partition coefficient (Wildman–Crippen LogP) is 2.35. The number of benzene rings is 1. The number of carbonyl (C=O) groups is 1. The first-order valence-electron chi connectivity index (χ1n) is 7.77. The molecule has 0 saturated carbocycles. The standard InChI is InChI=1S/C16H21F3N2O3/c1-9(22)5-12-8-24-4-3-21(12)16(23)20-10(2)11-6-13(17)15(19)14(18)7-11/h6-7,9-10,12,22H,3-5,8H2,1-2H3,(H,20,23)/t9-,10+,12-/m0/s1. The van der Waals surface area contributed by atoms with Gasteiger partial charge in [-0.05, 0) is 38.0 Å². The van der Waals surface area contributed by atoms with Crippen LogP contribution in [-0.4, -0.2) is 47.9 Å². The Morgan fingerprint density at radius 2 is 2.00 bits per heavy atom. The Kier molecular flexibility index (Phi) is 6.06. The van der Waals surface area contributed by atoms with Crippen molar-refractivity contribution in [1.82, 2.24) is 10.2 Å². The number of aliphatic hydroxyl groups is 1. The lowest BCUT2D eigenvalue weighted by molar-refractivity contribution is -0.00474. The molecule has 1 saturated heterocycles. The molecule has 134 valence electrons. The number of urea groups is 1. The lowest BCUT2D eigenvalue weighted by Gasteiger charge is -2.37. The minimum absolute atomic E-state index is 0.125. The molecule has 0 aliphatic carbocycles. The Labute approximate surface area is 138 Å². The largest absolute Gasteiger partial charge is 0.393 e. The van der Waals surface area contributed by atoms with Gasteiger partial charge in [-0.2, -0.15) is 0 Å². The van der Waals surface area contributed by atoms with Crippen molar-refractivity contribution in [3.63, 3.8) is 0 Å². The molecule has 3 atom stereocenters. The van der Waals surface area contributed by atoms with Gasteiger partial charge < -0.3 is 20.1 Å². The summed E-state index contributed by atoms with van der Waals surface area (Å²) in [5, 5.41) is 12.2. The molecular weight excluding hydrogens is 325 g/mol. The van der Waals surface area contributed by atoms with Gasteiger partial charge >= 0.3 is 6.03 Å². The maximum atomic E-state index is 13.3. The Morgan fingerprint density at radius 1 is 1.38 bits per heavy atom. The van der Waals surface area contributed by atoms with Crippen molar-refractivity contribution < 1.29 is 27.8 Å². The fourth-order valence-electron chi connectivity index (χ4n) is 2.69. The van der Waals surface area contributed by atoms with Crippen LogP contribution in [0.1, 0.15) is 31.9 Å². The summed E-state index contributed by atoms with van der Waals surface area (Å²) in [6.07, 6.45) is -0.230. The zero-order valence-electron chi connectivity index (χ0n) is 13.6. The third kappa shape index (κ3) is 4.39. The first-order valence-corrected chi connectivity index (χ1v) is 7.77. The van der Waals surface area contributed by atoms with Crippen LogP contribution in [0, 0.1) is 17.5 Å². The van der Waals surface area contributed by atoms with Gasteiger partial charge in [-0.15, -0.1) is 0 Å². The van der Waals surface area contributed by atoms with Gasteiger partial charge in [0.25, 0.3) is 0 Å². The lowest BCUT2D eigenvalue weighted by atomic mass is 10.1. The fourth-order valence-corrected chi connectivity index (χ4v) is 2.69. The highest BCUT2D eigenvalue weighted by Crippen LogP contribution is 2.20. The van der Waals surface area contributed by atoms with Gasteiger partial charge in [0.2, 0.25) is 0 Å². The molecule has 8 heteroatoms. The van der Waals surface area contributed by atoms with Gasteiger partial charge in [0.15, 0.2) is 17.5 Å². The van der Waals surface area contributed by atoms with E-state index in [2.05, 4.69) is 5.32 Å². The van der Waals surface area contributed by atoms with E-state index in [1.807, 2.05) is 0 Å². The number of rotatable bonds is 4. The maximum absolute atomic E-state index is 13.3. The molecule has 2 N–H and O–H groups in total. The van der Waals surface area contributed by atoms with Gasteiger partial charge in [0.05, 0.1) is 31.4 Å². The summed E-state index contributed by atoms with van der Waals surface area (Å²) >= 11 is 0. The number of nitrogens with zero attached hydrogens (tertiary/aromatic N) is 1. The number of ether oxygens (including phenoxy) is 1. The summed E-state index contributed by atoms with van der Waals surface area (Å²) in [6.45, 7) is 4.21. The van der Waals surface area contributed by atoms with Crippen LogP contribution in [0.2, 0.25) is 0 Å². The molecule has 0 unspecified atom stereocenters. The van der Waals surface area contributed by atoms with E-state index in [4.69, 9.17) is 4.74 Å². The number of nitrogens with one attached hydrogen (secondary N) is 1. The molecule has 1 aromatic rings. The molecule has 1 aliphatic rings.